The summed E-state index contributed by atoms with van der Waals surface area (Å²) in [7, 11) is 0. The number of amides is 1. The van der Waals surface area contributed by atoms with E-state index in [9.17, 15) is 35.1 Å². The zero-order chi connectivity index (χ0) is 63.1. The molecule has 1 aliphatic heterocycles. The van der Waals surface area contributed by atoms with Crippen LogP contribution in [0.5, 0.6) is 0 Å². The smallest absolute Gasteiger partial charge is 0.306 e. The van der Waals surface area contributed by atoms with Gasteiger partial charge in [0.25, 0.3) is 0 Å². The molecule has 0 aromatic heterocycles. The Labute approximate surface area is 533 Å². The van der Waals surface area contributed by atoms with E-state index in [0.29, 0.717) is 12.8 Å². The number of rotatable bonds is 62. The number of hydrogen-bond acceptors (Lipinski definition) is 10. The fourth-order valence-electron chi connectivity index (χ4n) is 11.1. The van der Waals surface area contributed by atoms with Gasteiger partial charge in [-0.3, -0.25) is 9.59 Å². The summed E-state index contributed by atoms with van der Waals surface area (Å²) in [5.41, 5.74) is 0. The third-order valence-electron chi connectivity index (χ3n) is 16.8. The average Bonchev–Trinajstić information content (AvgIpc) is 2.75. The number of carbonyl (C=O) groups excluding carboxylic acids is 2. The second kappa shape index (κ2) is 63.0. The molecular formula is C76H135NO10. The van der Waals surface area contributed by atoms with Crippen molar-refractivity contribution in [2.24, 2.45) is 0 Å². The van der Waals surface area contributed by atoms with Gasteiger partial charge in [-0.25, -0.2) is 0 Å². The van der Waals surface area contributed by atoms with E-state index in [1.54, 1.807) is 6.08 Å². The molecule has 0 radical (unpaired) electrons. The number of aliphatic hydroxyl groups is 5. The maximum atomic E-state index is 13.5. The van der Waals surface area contributed by atoms with Crippen LogP contribution in [-0.2, 0) is 23.8 Å². The minimum Gasteiger partial charge on any atom is -0.454 e. The van der Waals surface area contributed by atoms with Crippen LogP contribution in [0.4, 0.5) is 0 Å². The first kappa shape index (κ1) is 81.9. The summed E-state index contributed by atoms with van der Waals surface area (Å²) in [6, 6.07) is -1.05. The Balaban J connectivity index is 2.57. The fourth-order valence-corrected chi connectivity index (χ4v) is 11.1. The van der Waals surface area contributed by atoms with Crippen LogP contribution in [0.2, 0.25) is 0 Å². The molecule has 11 nitrogen and oxygen atoms in total. The molecule has 0 aliphatic carbocycles. The highest BCUT2D eigenvalue weighted by molar-refractivity contribution is 5.80. The first-order chi connectivity index (χ1) is 42.7. The topological polar surface area (TPSA) is 175 Å². The van der Waals surface area contributed by atoms with Crippen LogP contribution in [0.25, 0.3) is 0 Å². The van der Waals surface area contributed by atoms with Gasteiger partial charge in [0.05, 0.1) is 25.4 Å². The molecule has 0 spiro atoms. The van der Waals surface area contributed by atoms with E-state index < -0.39 is 67.4 Å². The van der Waals surface area contributed by atoms with Crippen molar-refractivity contribution in [3.05, 3.63) is 85.1 Å². The molecule has 6 N–H and O–H groups in total. The Hall–Kier alpha value is -3.16. The van der Waals surface area contributed by atoms with Crippen LogP contribution in [0.15, 0.2) is 85.1 Å². The number of esters is 1. The van der Waals surface area contributed by atoms with Crippen molar-refractivity contribution in [1.82, 2.24) is 5.32 Å². The zero-order valence-corrected chi connectivity index (χ0v) is 56.1. The van der Waals surface area contributed by atoms with Crippen molar-refractivity contribution in [3.63, 3.8) is 0 Å². The van der Waals surface area contributed by atoms with E-state index in [1.165, 1.54) is 193 Å². The van der Waals surface area contributed by atoms with Crippen LogP contribution >= 0.6 is 0 Å². The van der Waals surface area contributed by atoms with Crippen LogP contribution in [0, 0.1) is 0 Å². The summed E-state index contributed by atoms with van der Waals surface area (Å²) in [5, 5.41) is 57.2. The summed E-state index contributed by atoms with van der Waals surface area (Å²) in [4.78, 5) is 26.7. The number of aliphatic hydroxyl groups excluding tert-OH is 5. The first-order valence-corrected chi connectivity index (χ1v) is 36.4. The maximum absolute atomic E-state index is 13.5. The molecule has 0 bridgehead atoms. The second-order valence-corrected chi connectivity index (χ2v) is 24.9. The lowest BCUT2D eigenvalue weighted by Gasteiger charge is -2.41. The monoisotopic (exact) mass is 1220 g/mol. The van der Waals surface area contributed by atoms with Crippen molar-refractivity contribution < 1.29 is 49.3 Å². The van der Waals surface area contributed by atoms with E-state index in [2.05, 4.69) is 99.0 Å². The molecule has 8 atom stereocenters. The van der Waals surface area contributed by atoms with Gasteiger partial charge < -0.3 is 45.1 Å². The predicted molar refractivity (Wildman–Crippen MR) is 366 cm³/mol. The number of carbonyl (C=O) groups is 2. The van der Waals surface area contributed by atoms with E-state index in [4.69, 9.17) is 14.2 Å². The SMILES string of the molecule is CC/C=C\C/C=C\C/C=C\C/C=C\C/C=C\CCCCC(O)C(=O)NC(COC1OC(CO)C(O)C(O)C1OC(=O)CCCCCCCCCCCCCCCCCCC/C=C/CCCCCCCC)C(O)/C=C/CCCCCCCCCCCCC. The van der Waals surface area contributed by atoms with Crippen LogP contribution in [-0.4, -0.2) is 99.6 Å². The van der Waals surface area contributed by atoms with E-state index >= 15 is 0 Å². The third kappa shape index (κ3) is 50.2. The summed E-state index contributed by atoms with van der Waals surface area (Å²) >= 11 is 0. The van der Waals surface area contributed by atoms with Gasteiger partial charge in [0, 0.05) is 6.42 Å². The van der Waals surface area contributed by atoms with Crippen LogP contribution < -0.4 is 5.32 Å². The predicted octanol–water partition coefficient (Wildman–Crippen LogP) is 18.8. The van der Waals surface area contributed by atoms with Gasteiger partial charge in [-0.1, -0.05) is 305 Å². The van der Waals surface area contributed by atoms with Gasteiger partial charge in [-0.2, -0.15) is 0 Å². The van der Waals surface area contributed by atoms with Crippen LogP contribution in [0.1, 0.15) is 323 Å². The molecule has 1 aliphatic rings. The normalized spacial score (nSPS) is 18.7. The van der Waals surface area contributed by atoms with Gasteiger partial charge >= 0.3 is 5.97 Å². The molecule has 87 heavy (non-hydrogen) atoms. The minimum absolute atomic E-state index is 0.119. The van der Waals surface area contributed by atoms with Crippen LogP contribution in [0.3, 0.4) is 0 Å². The lowest BCUT2D eigenvalue weighted by molar-refractivity contribution is -0.305. The highest BCUT2D eigenvalue weighted by atomic mass is 16.7. The molecule has 11 heteroatoms. The third-order valence-corrected chi connectivity index (χ3v) is 16.8. The Morgan fingerprint density at radius 2 is 0.828 bits per heavy atom. The summed E-state index contributed by atoms with van der Waals surface area (Å²) < 4.78 is 17.7. The fraction of sp³-hybridized carbons (Fsp3) is 0.789. The van der Waals surface area contributed by atoms with E-state index in [0.717, 1.165) is 83.5 Å². The second-order valence-electron chi connectivity index (χ2n) is 24.9. The summed E-state index contributed by atoms with van der Waals surface area (Å²) in [6.07, 6.45) is 73.5. The molecule has 8 unspecified atom stereocenters. The Morgan fingerprint density at radius 3 is 1.25 bits per heavy atom. The highest BCUT2D eigenvalue weighted by Crippen LogP contribution is 2.26. The first-order valence-electron chi connectivity index (χ1n) is 36.4. The van der Waals surface area contributed by atoms with Gasteiger partial charge in [0.15, 0.2) is 12.4 Å². The molecule has 0 aromatic carbocycles. The average molecular weight is 1220 g/mol. The van der Waals surface area contributed by atoms with Crippen molar-refractivity contribution in [2.75, 3.05) is 13.2 Å². The lowest BCUT2D eigenvalue weighted by Crippen LogP contribution is -2.61. The van der Waals surface area contributed by atoms with Crippen molar-refractivity contribution in [1.29, 1.82) is 0 Å². The Kier molecular flexibility index (Phi) is 59.3. The molecule has 0 aromatic rings. The molecule has 1 saturated heterocycles. The molecule has 504 valence electrons. The number of allylic oxidation sites excluding steroid dienone is 13. The number of ether oxygens (including phenoxy) is 3. The Morgan fingerprint density at radius 1 is 0.460 bits per heavy atom. The van der Waals surface area contributed by atoms with Crippen molar-refractivity contribution >= 4 is 11.9 Å². The molecular weight excluding hydrogens is 1090 g/mol. The number of hydrogen-bond donors (Lipinski definition) is 6. The number of nitrogens with one attached hydrogen (secondary N) is 1. The molecule has 1 fully saturated rings. The molecule has 1 heterocycles. The van der Waals surface area contributed by atoms with E-state index in [1.807, 2.05) is 6.08 Å². The van der Waals surface area contributed by atoms with Crippen molar-refractivity contribution in [3.8, 4) is 0 Å². The van der Waals surface area contributed by atoms with Gasteiger partial charge in [0.2, 0.25) is 5.91 Å². The summed E-state index contributed by atoms with van der Waals surface area (Å²) in [6.45, 7) is 5.69. The van der Waals surface area contributed by atoms with Gasteiger partial charge in [0.1, 0.15) is 24.4 Å². The largest absolute Gasteiger partial charge is 0.454 e. The molecule has 0 saturated carbocycles. The van der Waals surface area contributed by atoms with E-state index in [-0.39, 0.29) is 19.4 Å². The molecule has 1 amide bonds. The standard InChI is InChI=1S/C76H135NO10/c1-4-7-10-13-16-19-22-25-27-29-31-32-33-34-35-36-37-38-39-41-43-46-49-52-55-58-61-64-71(81)87-74-73(83)72(82)70(65-78)86-76(74)85-66-67(68(79)62-59-56-53-50-47-44-24-21-18-15-12-9-6-3)77-75(84)69(80)63-60-57-54-51-48-45-42-40-30-28-26-23-20-17-14-11-8-5-2/h8,11,17,20,25-28,40,42,48,51,59,62,67-70,72-74,76,78-80,82-83H,4-7,9-10,12-16,18-19,21-24,29-39,41,43-47,49-50,52-58,60-61,63-66H2,1-3H3,(H,77,84)/b11-8-,20-17-,27-25+,28-26-,42-40-,51-48-,62-59+. The lowest BCUT2D eigenvalue weighted by atomic mass is 9.99. The highest BCUT2D eigenvalue weighted by Gasteiger charge is 2.47. The Bertz CT molecular complexity index is 1740. The van der Waals surface area contributed by atoms with Crippen molar-refractivity contribution in [2.45, 2.75) is 372 Å². The summed E-state index contributed by atoms with van der Waals surface area (Å²) in [5.74, 6) is -1.22. The van der Waals surface area contributed by atoms with Gasteiger partial charge in [-0.15, -0.1) is 0 Å². The number of unbranched alkanes of at least 4 members (excludes halogenated alkanes) is 36. The maximum Gasteiger partial charge on any atom is 0.306 e. The van der Waals surface area contributed by atoms with Gasteiger partial charge in [-0.05, 0) is 96.3 Å². The molecule has 1 rings (SSSR count). The minimum atomic E-state index is -1.62. The zero-order valence-electron chi connectivity index (χ0n) is 56.1. The quantitative estimate of drug-likeness (QED) is 0.0195.